The number of hydrogen-bond donors (Lipinski definition) is 0. The van der Waals surface area contributed by atoms with Gasteiger partial charge in [0.1, 0.15) is 11.2 Å². The largest absolute Gasteiger partial charge is 0.456 e. The molecule has 0 amide bonds. The summed E-state index contributed by atoms with van der Waals surface area (Å²) in [7, 11) is 0. The number of rotatable bonds is 3. The third-order valence-electron chi connectivity index (χ3n) is 10.0. The first-order valence-electron chi connectivity index (χ1n) is 16.0. The molecule has 0 aliphatic heterocycles. The molecule has 4 nitrogen and oxygen atoms in total. The first-order valence-corrected chi connectivity index (χ1v) is 16.8. The van der Waals surface area contributed by atoms with Crippen molar-refractivity contribution in [2.75, 3.05) is 0 Å². The molecule has 0 spiro atoms. The van der Waals surface area contributed by atoms with Crippen molar-refractivity contribution in [2.24, 2.45) is 0 Å². The minimum atomic E-state index is 0.0813. The molecular formula is C41H33N3OS. The Bertz CT molecular complexity index is 2370. The fourth-order valence-corrected chi connectivity index (χ4v) is 8.31. The topological polar surface area (TPSA) is 51.8 Å². The number of fused-ring (bicyclic) bond motifs is 7. The van der Waals surface area contributed by atoms with Gasteiger partial charge in [0.15, 0.2) is 17.5 Å². The van der Waals surface area contributed by atoms with Crippen LogP contribution in [-0.4, -0.2) is 15.0 Å². The average Bonchev–Trinajstić information content (AvgIpc) is 3.64. The van der Waals surface area contributed by atoms with E-state index in [1.807, 2.05) is 35.6 Å². The molecule has 3 aromatic heterocycles. The zero-order valence-electron chi connectivity index (χ0n) is 26.4. The maximum atomic E-state index is 6.13. The molecule has 0 N–H and O–H groups in total. The summed E-state index contributed by atoms with van der Waals surface area (Å²) in [6, 6.07) is 36.4. The van der Waals surface area contributed by atoms with Gasteiger partial charge in [0.25, 0.3) is 0 Å². The zero-order chi connectivity index (χ0) is 31.2. The van der Waals surface area contributed by atoms with Crippen LogP contribution in [0.25, 0.3) is 76.3 Å². The molecule has 3 heterocycles. The van der Waals surface area contributed by atoms with Crippen LogP contribution in [0.5, 0.6) is 0 Å². The summed E-state index contributed by atoms with van der Waals surface area (Å²) in [5.74, 6) is 2.01. The van der Waals surface area contributed by atoms with Crippen LogP contribution in [0.1, 0.15) is 51.7 Å². The number of para-hydroxylation sites is 1. The summed E-state index contributed by atoms with van der Waals surface area (Å²) in [6.45, 7) is 9.44. The molecule has 0 bridgehead atoms. The van der Waals surface area contributed by atoms with Gasteiger partial charge < -0.3 is 4.42 Å². The van der Waals surface area contributed by atoms with Gasteiger partial charge in [0.05, 0.1) is 0 Å². The maximum Gasteiger partial charge on any atom is 0.164 e. The number of aromatic nitrogens is 3. The fourth-order valence-electron chi connectivity index (χ4n) is 7.22. The van der Waals surface area contributed by atoms with Crippen LogP contribution in [0.2, 0.25) is 0 Å². The number of furan rings is 1. The first kappa shape index (κ1) is 27.4. The van der Waals surface area contributed by atoms with Gasteiger partial charge in [-0.05, 0) is 89.4 Å². The Morgan fingerprint density at radius 1 is 0.500 bits per heavy atom. The molecule has 0 unspecified atom stereocenters. The molecular weight excluding hydrogens is 583 g/mol. The van der Waals surface area contributed by atoms with Crippen molar-refractivity contribution in [1.82, 2.24) is 15.0 Å². The molecule has 0 fully saturated rings. The lowest BCUT2D eigenvalue weighted by atomic mass is 9.63. The van der Waals surface area contributed by atoms with E-state index in [9.17, 15) is 0 Å². The summed E-state index contributed by atoms with van der Waals surface area (Å²) >= 11 is 1.82. The minimum Gasteiger partial charge on any atom is -0.456 e. The Morgan fingerprint density at radius 3 is 1.80 bits per heavy atom. The molecule has 5 aromatic carbocycles. The predicted octanol–water partition coefficient (Wildman–Crippen LogP) is 11.5. The Balaban J connectivity index is 1.27. The fraction of sp³-hybridized carbons (Fsp3) is 0.195. The smallest absolute Gasteiger partial charge is 0.164 e. The molecule has 1 aliphatic rings. The second kappa shape index (κ2) is 9.81. The number of hydrogen-bond acceptors (Lipinski definition) is 5. The second-order valence-electron chi connectivity index (χ2n) is 14.0. The van der Waals surface area contributed by atoms with E-state index in [4.69, 9.17) is 19.4 Å². The summed E-state index contributed by atoms with van der Waals surface area (Å²) in [5.41, 5.74) is 7.71. The lowest BCUT2D eigenvalue weighted by molar-refractivity contribution is 0.332. The summed E-state index contributed by atoms with van der Waals surface area (Å²) < 4.78 is 8.68. The van der Waals surface area contributed by atoms with Crippen molar-refractivity contribution in [2.45, 2.75) is 51.4 Å². The standard InChI is InChI=1S/C41H33N3OS/c1-40(2)19-20-41(3,4)32-23-26(13-16-31(32)40)39-43-37(24-14-17-34-29(21-24)27-9-5-7-11-33(27)45-34)42-38(44-39)25-15-18-36-30(22-25)28-10-6-8-12-35(28)46-36/h5-18,21-23H,19-20H2,1-4H3. The highest BCUT2D eigenvalue weighted by Gasteiger charge is 2.37. The van der Waals surface area contributed by atoms with E-state index in [-0.39, 0.29) is 10.8 Å². The quantitative estimate of drug-likeness (QED) is 0.198. The maximum absolute atomic E-state index is 6.13. The first-order chi connectivity index (χ1) is 22.2. The third kappa shape index (κ3) is 4.29. The van der Waals surface area contributed by atoms with Crippen LogP contribution >= 0.6 is 11.3 Å². The molecule has 5 heteroatoms. The van der Waals surface area contributed by atoms with Crippen LogP contribution < -0.4 is 0 Å². The summed E-state index contributed by atoms with van der Waals surface area (Å²) in [6.07, 6.45) is 2.33. The van der Waals surface area contributed by atoms with Crippen LogP contribution in [0.15, 0.2) is 108 Å². The molecule has 0 saturated carbocycles. The number of nitrogens with zero attached hydrogens (tertiary/aromatic N) is 3. The van der Waals surface area contributed by atoms with Gasteiger partial charge in [-0.1, -0.05) is 76.2 Å². The van der Waals surface area contributed by atoms with E-state index in [1.165, 1.54) is 37.7 Å². The molecule has 0 atom stereocenters. The van der Waals surface area contributed by atoms with E-state index in [2.05, 4.69) is 107 Å². The summed E-state index contributed by atoms with van der Waals surface area (Å²) in [5, 5.41) is 4.63. The van der Waals surface area contributed by atoms with Crippen molar-refractivity contribution in [1.29, 1.82) is 0 Å². The molecule has 46 heavy (non-hydrogen) atoms. The van der Waals surface area contributed by atoms with Crippen molar-refractivity contribution >= 4 is 53.4 Å². The van der Waals surface area contributed by atoms with Crippen molar-refractivity contribution in [3.8, 4) is 34.2 Å². The van der Waals surface area contributed by atoms with Crippen LogP contribution in [0.3, 0.4) is 0 Å². The average molecular weight is 616 g/mol. The Kier molecular flexibility index (Phi) is 5.85. The molecule has 224 valence electrons. The Hall–Kier alpha value is -4.87. The lowest BCUT2D eigenvalue weighted by Crippen LogP contribution is -2.33. The van der Waals surface area contributed by atoms with E-state index in [0.717, 1.165) is 45.0 Å². The second-order valence-corrected chi connectivity index (χ2v) is 15.0. The van der Waals surface area contributed by atoms with Crippen LogP contribution in [-0.2, 0) is 10.8 Å². The van der Waals surface area contributed by atoms with Crippen molar-refractivity contribution in [3.63, 3.8) is 0 Å². The van der Waals surface area contributed by atoms with Gasteiger partial charge in [-0.2, -0.15) is 0 Å². The molecule has 0 radical (unpaired) electrons. The molecule has 8 aromatic rings. The number of thiophene rings is 1. The SMILES string of the molecule is CC1(C)CCC(C)(C)c2cc(-c3nc(-c4ccc5oc6ccccc6c5c4)nc(-c4ccc5sc6ccccc6c5c4)n3)ccc21. The monoisotopic (exact) mass is 615 g/mol. The van der Waals surface area contributed by atoms with Crippen molar-refractivity contribution < 1.29 is 4.42 Å². The zero-order valence-corrected chi connectivity index (χ0v) is 27.2. The Labute approximate surface area is 271 Å². The summed E-state index contributed by atoms with van der Waals surface area (Å²) in [4.78, 5) is 15.5. The van der Waals surface area contributed by atoms with Gasteiger partial charge in [-0.25, -0.2) is 15.0 Å². The van der Waals surface area contributed by atoms with Crippen molar-refractivity contribution in [3.05, 3.63) is 114 Å². The van der Waals surface area contributed by atoms with E-state index in [0.29, 0.717) is 17.5 Å². The number of benzene rings is 5. The Morgan fingerprint density at radius 2 is 1.04 bits per heavy atom. The van der Waals surface area contributed by atoms with Crippen LogP contribution in [0.4, 0.5) is 0 Å². The van der Waals surface area contributed by atoms with Gasteiger partial charge in [-0.15, -0.1) is 11.3 Å². The molecule has 1 aliphatic carbocycles. The van der Waals surface area contributed by atoms with E-state index < -0.39 is 0 Å². The third-order valence-corrected chi connectivity index (χ3v) is 11.2. The minimum absolute atomic E-state index is 0.0813. The van der Waals surface area contributed by atoms with Gasteiger partial charge in [-0.3, -0.25) is 0 Å². The normalized spacial score (nSPS) is 15.6. The van der Waals surface area contributed by atoms with Gasteiger partial charge in [0.2, 0.25) is 0 Å². The van der Waals surface area contributed by atoms with Crippen LogP contribution in [0, 0.1) is 0 Å². The molecule has 0 saturated heterocycles. The van der Waals surface area contributed by atoms with Gasteiger partial charge in [0, 0.05) is 47.6 Å². The van der Waals surface area contributed by atoms with E-state index in [1.54, 1.807) is 0 Å². The lowest BCUT2D eigenvalue weighted by Gasteiger charge is -2.42. The molecule has 9 rings (SSSR count). The highest BCUT2D eigenvalue weighted by Crippen LogP contribution is 2.47. The van der Waals surface area contributed by atoms with Gasteiger partial charge >= 0.3 is 0 Å². The van der Waals surface area contributed by atoms with E-state index >= 15 is 0 Å². The predicted molar refractivity (Wildman–Crippen MR) is 192 cm³/mol. The highest BCUT2D eigenvalue weighted by atomic mass is 32.1. The highest BCUT2D eigenvalue weighted by molar-refractivity contribution is 7.25.